The topological polar surface area (TPSA) is 39.2 Å². The van der Waals surface area contributed by atoms with Crippen molar-refractivity contribution in [2.75, 3.05) is 7.11 Å². The molecule has 0 saturated heterocycles. The number of carbonyl (C=O) groups is 1. The summed E-state index contributed by atoms with van der Waals surface area (Å²) in [4.78, 5) is 16.6. The van der Waals surface area contributed by atoms with Crippen LogP contribution in [0.2, 0.25) is 10.2 Å². The molecule has 0 spiro atoms. The molecule has 0 saturated carbocycles. The molecule has 2 aromatic carbocycles. The van der Waals surface area contributed by atoms with Crippen LogP contribution in [0, 0.1) is 6.92 Å². The Labute approximate surface area is 143 Å². The van der Waals surface area contributed by atoms with Crippen molar-refractivity contribution in [2.45, 2.75) is 6.92 Å². The molecule has 0 fully saturated rings. The minimum absolute atomic E-state index is 0.119. The minimum Gasteiger partial charge on any atom is -0.465 e. The third kappa shape index (κ3) is 2.78. The Morgan fingerprint density at radius 3 is 2.48 bits per heavy atom. The van der Waals surface area contributed by atoms with Crippen molar-refractivity contribution in [1.82, 2.24) is 4.98 Å². The van der Waals surface area contributed by atoms with Gasteiger partial charge in [0.25, 0.3) is 0 Å². The van der Waals surface area contributed by atoms with Gasteiger partial charge in [-0.3, -0.25) is 0 Å². The summed E-state index contributed by atoms with van der Waals surface area (Å²) < 4.78 is 4.89. The first-order valence-electron chi connectivity index (χ1n) is 6.96. The molecule has 0 aliphatic rings. The molecule has 3 nitrogen and oxygen atoms in total. The number of rotatable bonds is 2. The zero-order valence-electron chi connectivity index (χ0n) is 12.6. The van der Waals surface area contributed by atoms with Gasteiger partial charge in [0.05, 0.1) is 12.6 Å². The highest BCUT2D eigenvalue weighted by atomic mass is 35.5. The lowest BCUT2D eigenvalue weighted by Crippen LogP contribution is -2.07. The molecule has 0 bridgehead atoms. The van der Waals surface area contributed by atoms with E-state index in [1.165, 1.54) is 7.11 Å². The van der Waals surface area contributed by atoms with E-state index in [9.17, 15) is 4.79 Å². The van der Waals surface area contributed by atoms with Crippen molar-refractivity contribution in [3.63, 3.8) is 0 Å². The Bertz CT molecular complexity index is 908. The van der Waals surface area contributed by atoms with Gasteiger partial charge in [-0.1, -0.05) is 53.5 Å². The average Bonchev–Trinajstić information content (AvgIpc) is 2.54. The fourth-order valence-electron chi connectivity index (χ4n) is 2.66. The second-order valence-electron chi connectivity index (χ2n) is 5.13. The van der Waals surface area contributed by atoms with Crippen LogP contribution in [0.5, 0.6) is 0 Å². The smallest absolute Gasteiger partial charge is 0.341 e. The summed E-state index contributed by atoms with van der Waals surface area (Å²) in [6.45, 7) is 1.91. The molecule has 0 aliphatic carbocycles. The SMILES string of the molecule is COC(=O)c1c(Cl)nc2c(C)cc(Cl)cc2c1-c1ccccc1. The summed E-state index contributed by atoms with van der Waals surface area (Å²) in [6, 6.07) is 13.1. The van der Waals surface area contributed by atoms with Crippen LogP contribution in [0.3, 0.4) is 0 Å². The van der Waals surface area contributed by atoms with Gasteiger partial charge in [-0.2, -0.15) is 0 Å². The number of methoxy groups -OCH3 is 1. The molecule has 0 aliphatic heterocycles. The van der Waals surface area contributed by atoms with Gasteiger partial charge < -0.3 is 4.74 Å². The first-order chi connectivity index (χ1) is 11.0. The van der Waals surface area contributed by atoms with Gasteiger partial charge in [-0.15, -0.1) is 0 Å². The predicted octanol–water partition coefficient (Wildman–Crippen LogP) is 5.30. The summed E-state index contributed by atoms with van der Waals surface area (Å²) in [5.41, 5.74) is 3.38. The average molecular weight is 346 g/mol. The monoisotopic (exact) mass is 345 g/mol. The number of halogens is 2. The first kappa shape index (κ1) is 15.8. The van der Waals surface area contributed by atoms with Crippen molar-refractivity contribution >= 4 is 40.1 Å². The number of pyridine rings is 1. The summed E-state index contributed by atoms with van der Waals surface area (Å²) in [7, 11) is 1.32. The van der Waals surface area contributed by atoms with Gasteiger partial charge in [0.15, 0.2) is 0 Å². The highest BCUT2D eigenvalue weighted by Gasteiger charge is 2.23. The molecule has 23 heavy (non-hydrogen) atoms. The maximum absolute atomic E-state index is 12.3. The molecule has 0 unspecified atom stereocenters. The van der Waals surface area contributed by atoms with Gasteiger partial charge >= 0.3 is 5.97 Å². The van der Waals surface area contributed by atoms with E-state index in [1.807, 2.05) is 43.3 Å². The Morgan fingerprint density at radius 2 is 1.83 bits per heavy atom. The van der Waals surface area contributed by atoms with E-state index in [1.54, 1.807) is 6.07 Å². The second-order valence-corrected chi connectivity index (χ2v) is 5.92. The molecular weight excluding hydrogens is 333 g/mol. The molecule has 0 amide bonds. The van der Waals surface area contributed by atoms with Crippen molar-refractivity contribution in [1.29, 1.82) is 0 Å². The third-order valence-electron chi connectivity index (χ3n) is 3.65. The molecule has 1 heterocycles. The number of fused-ring (bicyclic) bond motifs is 1. The Kier molecular flexibility index (Phi) is 4.24. The molecule has 0 radical (unpaired) electrons. The van der Waals surface area contributed by atoms with E-state index in [0.717, 1.165) is 16.5 Å². The minimum atomic E-state index is -0.527. The van der Waals surface area contributed by atoms with Crippen molar-refractivity contribution < 1.29 is 9.53 Å². The summed E-state index contributed by atoms with van der Waals surface area (Å²) in [5.74, 6) is -0.527. The Balaban J connectivity index is 2.52. The third-order valence-corrected chi connectivity index (χ3v) is 4.14. The predicted molar refractivity (Wildman–Crippen MR) is 93.3 cm³/mol. The maximum atomic E-state index is 12.3. The van der Waals surface area contributed by atoms with E-state index < -0.39 is 5.97 Å². The highest BCUT2D eigenvalue weighted by Crippen LogP contribution is 2.37. The van der Waals surface area contributed by atoms with E-state index in [4.69, 9.17) is 27.9 Å². The van der Waals surface area contributed by atoms with Crippen LogP contribution in [0.15, 0.2) is 42.5 Å². The molecule has 116 valence electrons. The largest absolute Gasteiger partial charge is 0.465 e. The number of ether oxygens (including phenoxy) is 1. The lowest BCUT2D eigenvalue weighted by Gasteiger charge is -2.15. The first-order valence-corrected chi connectivity index (χ1v) is 7.71. The van der Waals surface area contributed by atoms with Crippen LogP contribution >= 0.6 is 23.2 Å². The number of esters is 1. The van der Waals surface area contributed by atoms with Crippen molar-refractivity contribution in [3.8, 4) is 11.1 Å². The van der Waals surface area contributed by atoms with Crippen LogP contribution in [-0.4, -0.2) is 18.1 Å². The quantitative estimate of drug-likeness (QED) is 0.467. The molecule has 5 heteroatoms. The summed E-state index contributed by atoms with van der Waals surface area (Å²) in [6.07, 6.45) is 0. The van der Waals surface area contributed by atoms with Crippen LogP contribution in [-0.2, 0) is 4.74 Å². The normalized spacial score (nSPS) is 10.8. The van der Waals surface area contributed by atoms with E-state index in [-0.39, 0.29) is 10.7 Å². The van der Waals surface area contributed by atoms with Crippen molar-refractivity contribution in [2.24, 2.45) is 0 Å². The van der Waals surface area contributed by atoms with Gasteiger partial charge in [0.1, 0.15) is 10.7 Å². The molecule has 3 rings (SSSR count). The van der Waals surface area contributed by atoms with E-state index in [2.05, 4.69) is 4.98 Å². The van der Waals surface area contributed by atoms with Gasteiger partial charge in [0, 0.05) is 16.0 Å². The van der Waals surface area contributed by atoms with Crippen molar-refractivity contribution in [3.05, 3.63) is 63.8 Å². The number of aromatic nitrogens is 1. The fraction of sp³-hybridized carbons (Fsp3) is 0.111. The number of carbonyl (C=O) groups excluding carboxylic acids is 1. The summed E-state index contributed by atoms with van der Waals surface area (Å²) >= 11 is 12.5. The Hall–Kier alpha value is -2.10. The zero-order valence-corrected chi connectivity index (χ0v) is 14.1. The number of nitrogens with zero attached hydrogens (tertiary/aromatic N) is 1. The van der Waals surface area contributed by atoms with Gasteiger partial charge in [-0.05, 0) is 30.2 Å². The van der Waals surface area contributed by atoms with E-state index >= 15 is 0 Å². The summed E-state index contributed by atoms with van der Waals surface area (Å²) in [5, 5.41) is 1.46. The number of benzene rings is 2. The molecule has 1 aromatic heterocycles. The van der Waals surface area contributed by atoms with E-state index in [0.29, 0.717) is 16.1 Å². The van der Waals surface area contributed by atoms with Crippen LogP contribution < -0.4 is 0 Å². The van der Waals surface area contributed by atoms with Crippen LogP contribution in [0.1, 0.15) is 15.9 Å². The number of hydrogen-bond donors (Lipinski definition) is 0. The maximum Gasteiger partial charge on any atom is 0.341 e. The van der Waals surface area contributed by atoms with Crippen LogP contribution in [0.4, 0.5) is 0 Å². The Morgan fingerprint density at radius 1 is 1.13 bits per heavy atom. The lowest BCUT2D eigenvalue weighted by molar-refractivity contribution is 0.0601. The van der Waals surface area contributed by atoms with Gasteiger partial charge in [-0.25, -0.2) is 9.78 Å². The number of aryl methyl sites for hydroxylation is 1. The van der Waals surface area contributed by atoms with Gasteiger partial charge in [0.2, 0.25) is 0 Å². The molecule has 0 N–H and O–H groups in total. The second kappa shape index (κ2) is 6.19. The number of hydrogen-bond acceptors (Lipinski definition) is 3. The molecule has 3 aromatic rings. The fourth-order valence-corrected chi connectivity index (χ4v) is 3.19. The lowest BCUT2D eigenvalue weighted by atomic mass is 9.95. The van der Waals surface area contributed by atoms with Crippen LogP contribution in [0.25, 0.3) is 22.0 Å². The standard InChI is InChI=1S/C18H13Cl2NO2/c1-10-8-12(19)9-13-14(11-6-4-3-5-7-11)15(18(22)23-2)17(20)21-16(10)13/h3-9H,1-2H3. The molecule has 0 atom stereocenters. The molecular formula is C18H13Cl2NO2. The highest BCUT2D eigenvalue weighted by molar-refractivity contribution is 6.35. The zero-order chi connectivity index (χ0) is 16.6.